The lowest BCUT2D eigenvalue weighted by atomic mass is 10.2. The summed E-state index contributed by atoms with van der Waals surface area (Å²) >= 11 is 2.03. The molecule has 2 N–H and O–H groups in total. The predicted molar refractivity (Wildman–Crippen MR) is 124 cm³/mol. The van der Waals surface area contributed by atoms with Crippen molar-refractivity contribution in [2.45, 2.75) is 48.9 Å². The van der Waals surface area contributed by atoms with Crippen molar-refractivity contribution in [2.24, 2.45) is 4.99 Å². The van der Waals surface area contributed by atoms with Crippen molar-refractivity contribution in [2.75, 3.05) is 25.9 Å². The van der Waals surface area contributed by atoms with E-state index >= 15 is 0 Å². The first-order valence-corrected chi connectivity index (χ1v) is 11.7. The lowest BCUT2D eigenvalue weighted by Crippen LogP contribution is -2.47. The van der Waals surface area contributed by atoms with Crippen LogP contribution in [0.1, 0.15) is 31.7 Å². The molecule has 6 nitrogen and oxygen atoms in total. The van der Waals surface area contributed by atoms with Crippen molar-refractivity contribution in [3.05, 3.63) is 29.8 Å². The van der Waals surface area contributed by atoms with E-state index < -0.39 is 10.0 Å². The van der Waals surface area contributed by atoms with E-state index in [2.05, 4.69) is 26.9 Å². The number of thioether (sulfide) groups is 1. The molecule has 1 aliphatic carbocycles. The van der Waals surface area contributed by atoms with E-state index in [1.807, 2.05) is 30.9 Å². The van der Waals surface area contributed by atoms with E-state index in [-0.39, 0.29) is 30.0 Å². The number of guanidine groups is 1. The molecule has 1 heterocycles. The molecule has 0 spiro atoms. The van der Waals surface area contributed by atoms with E-state index in [0.29, 0.717) is 16.7 Å². The summed E-state index contributed by atoms with van der Waals surface area (Å²) in [5, 5.41) is 4.06. The number of hydrogen-bond donors (Lipinski definition) is 2. The van der Waals surface area contributed by atoms with Gasteiger partial charge in [0.15, 0.2) is 5.96 Å². The smallest absolute Gasteiger partial charge is 0.240 e. The Hall–Kier alpha value is -0.520. The monoisotopic (exact) mass is 524 g/mol. The SMILES string of the molecule is CCC1CN(C(=NC)NCc2ccc(S(=O)(=O)NC3CC3)cc2)CCS1.I. The maximum absolute atomic E-state index is 12.2. The lowest BCUT2D eigenvalue weighted by Gasteiger charge is -2.34. The zero-order valence-electron chi connectivity index (χ0n) is 15.8. The molecule has 3 rings (SSSR count). The van der Waals surface area contributed by atoms with Crippen LogP contribution >= 0.6 is 35.7 Å². The Morgan fingerprint density at radius 3 is 2.59 bits per heavy atom. The second kappa shape index (κ2) is 10.3. The molecule has 0 radical (unpaired) electrons. The molecule has 0 bridgehead atoms. The summed E-state index contributed by atoms with van der Waals surface area (Å²) in [5.74, 6) is 2.04. The summed E-state index contributed by atoms with van der Waals surface area (Å²) in [4.78, 5) is 7.05. The molecule has 1 aromatic carbocycles. The van der Waals surface area contributed by atoms with Gasteiger partial charge in [0.1, 0.15) is 0 Å². The summed E-state index contributed by atoms with van der Waals surface area (Å²) in [6.45, 7) is 4.88. The first-order valence-electron chi connectivity index (χ1n) is 9.20. The number of nitrogens with one attached hydrogen (secondary N) is 2. The van der Waals surface area contributed by atoms with Crippen molar-refractivity contribution in [1.29, 1.82) is 0 Å². The summed E-state index contributed by atoms with van der Waals surface area (Å²) in [7, 11) is -1.57. The molecule has 2 fully saturated rings. The van der Waals surface area contributed by atoms with Crippen molar-refractivity contribution in [3.63, 3.8) is 0 Å². The first-order chi connectivity index (χ1) is 12.5. The van der Waals surface area contributed by atoms with E-state index in [0.717, 1.165) is 43.2 Å². The van der Waals surface area contributed by atoms with Gasteiger partial charge in [-0.15, -0.1) is 24.0 Å². The standard InChI is InChI=1S/C18H28N4O2S2.HI/c1-3-16-13-22(10-11-25-16)18(19-2)20-12-14-4-8-17(9-5-14)26(23,24)21-15-6-7-15;/h4-5,8-9,15-16,21H,3,6-7,10-13H2,1-2H3,(H,19,20);1H. The molecule has 2 aliphatic rings. The van der Waals surface area contributed by atoms with Gasteiger partial charge in [0.05, 0.1) is 4.90 Å². The van der Waals surface area contributed by atoms with E-state index in [1.54, 1.807) is 12.1 Å². The van der Waals surface area contributed by atoms with Crippen LogP contribution in [0.2, 0.25) is 0 Å². The van der Waals surface area contributed by atoms with Gasteiger partial charge in [0, 0.05) is 43.7 Å². The van der Waals surface area contributed by atoms with Crippen LogP contribution < -0.4 is 10.0 Å². The van der Waals surface area contributed by atoms with Gasteiger partial charge < -0.3 is 10.2 Å². The Kier molecular flexibility index (Phi) is 8.70. The summed E-state index contributed by atoms with van der Waals surface area (Å²) < 4.78 is 27.1. The van der Waals surface area contributed by atoms with Gasteiger partial charge in [0.25, 0.3) is 0 Å². The predicted octanol–water partition coefficient (Wildman–Crippen LogP) is 2.65. The van der Waals surface area contributed by atoms with Crippen molar-refractivity contribution < 1.29 is 8.42 Å². The minimum atomic E-state index is -3.38. The highest BCUT2D eigenvalue weighted by Crippen LogP contribution is 2.23. The molecule has 1 unspecified atom stereocenters. The molecular formula is C18H29IN4O2S2. The average molecular weight is 524 g/mol. The molecule has 0 amide bonds. The number of rotatable bonds is 6. The van der Waals surface area contributed by atoms with Crippen LogP contribution in [0.5, 0.6) is 0 Å². The van der Waals surface area contributed by atoms with E-state index in [9.17, 15) is 8.42 Å². The summed E-state index contributed by atoms with van der Waals surface area (Å²) in [5.41, 5.74) is 1.04. The molecular weight excluding hydrogens is 495 g/mol. The fourth-order valence-corrected chi connectivity index (χ4v) is 5.43. The third kappa shape index (κ3) is 6.50. The minimum Gasteiger partial charge on any atom is -0.352 e. The van der Waals surface area contributed by atoms with Crippen LogP contribution in [0.15, 0.2) is 34.2 Å². The average Bonchev–Trinajstić information content (AvgIpc) is 3.46. The molecule has 1 saturated heterocycles. The van der Waals surface area contributed by atoms with Gasteiger partial charge in [-0.1, -0.05) is 19.1 Å². The highest BCUT2D eigenvalue weighted by atomic mass is 127. The first kappa shape index (κ1) is 22.8. The van der Waals surface area contributed by atoms with Gasteiger partial charge in [-0.3, -0.25) is 4.99 Å². The number of aliphatic imine (C=N–C) groups is 1. The van der Waals surface area contributed by atoms with Crippen molar-refractivity contribution >= 4 is 51.7 Å². The van der Waals surface area contributed by atoms with Crippen LogP contribution in [0.25, 0.3) is 0 Å². The number of sulfonamides is 1. The highest BCUT2D eigenvalue weighted by molar-refractivity contribution is 14.0. The molecule has 9 heteroatoms. The second-order valence-corrected chi connectivity index (χ2v) is 9.91. The zero-order chi connectivity index (χ0) is 18.6. The van der Waals surface area contributed by atoms with Gasteiger partial charge in [-0.25, -0.2) is 13.1 Å². The highest BCUT2D eigenvalue weighted by Gasteiger charge is 2.27. The van der Waals surface area contributed by atoms with E-state index in [1.165, 1.54) is 6.42 Å². The third-order valence-electron chi connectivity index (χ3n) is 4.69. The lowest BCUT2D eigenvalue weighted by molar-refractivity contribution is 0.408. The molecule has 27 heavy (non-hydrogen) atoms. The Bertz CT molecular complexity index is 736. The van der Waals surface area contributed by atoms with Crippen LogP contribution in [-0.2, 0) is 16.6 Å². The molecule has 1 saturated carbocycles. The van der Waals surface area contributed by atoms with Crippen LogP contribution in [0.4, 0.5) is 0 Å². The Morgan fingerprint density at radius 2 is 2.00 bits per heavy atom. The van der Waals surface area contributed by atoms with Gasteiger partial charge in [-0.05, 0) is 37.0 Å². The molecule has 0 aromatic heterocycles. The van der Waals surface area contributed by atoms with Crippen LogP contribution in [-0.4, -0.2) is 56.5 Å². The van der Waals surface area contributed by atoms with Gasteiger partial charge >= 0.3 is 0 Å². The van der Waals surface area contributed by atoms with E-state index in [4.69, 9.17) is 0 Å². The van der Waals surface area contributed by atoms with Gasteiger partial charge in [0.2, 0.25) is 10.0 Å². The Labute approximate surface area is 184 Å². The maximum atomic E-state index is 12.2. The number of hydrogen-bond acceptors (Lipinski definition) is 4. The Morgan fingerprint density at radius 1 is 1.30 bits per heavy atom. The van der Waals surface area contributed by atoms with Crippen molar-refractivity contribution in [1.82, 2.24) is 14.9 Å². The summed E-state index contributed by atoms with van der Waals surface area (Å²) in [6, 6.07) is 7.20. The third-order valence-corrected chi connectivity index (χ3v) is 7.60. The Balaban J connectivity index is 0.00000261. The quantitative estimate of drug-likeness (QED) is 0.340. The molecule has 1 aromatic rings. The minimum absolute atomic E-state index is 0. The topological polar surface area (TPSA) is 73.8 Å². The number of benzene rings is 1. The fraction of sp³-hybridized carbons (Fsp3) is 0.611. The van der Waals surface area contributed by atoms with Crippen molar-refractivity contribution in [3.8, 4) is 0 Å². The normalized spacial score (nSPS) is 20.9. The molecule has 1 aliphatic heterocycles. The maximum Gasteiger partial charge on any atom is 0.240 e. The number of nitrogens with zero attached hydrogens (tertiary/aromatic N) is 2. The largest absolute Gasteiger partial charge is 0.352 e. The summed E-state index contributed by atoms with van der Waals surface area (Å²) in [6.07, 6.45) is 3.05. The molecule has 1 atom stereocenters. The van der Waals surface area contributed by atoms with Gasteiger partial charge in [-0.2, -0.15) is 11.8 Å². The fourth-order valence-electron chi connectivity index (χ4n) is 2.95. The second-order valence-electron chi connectivity index (χ2n) is 6.79. The van der Waals surface area contributed by atoms with Crippen LogP contribution in [0.3, 0.4) is 0 Å². The number of halogens is 1. The van der Waals surface area contributed by atoms with Crippen LogP contribution in [0, 0.1) is 0 Å². The zero-order valence-corrected chi connectivity index (χ0v) is 19.8. The molecule has 152 valence electrons.